The van der Waals surface area contributed by atoms with Gasteiger partial charge in [0.1, 0.15) is 5.75 Å². The highest BCUT2D eigenvalue weighted by molar-refractivity contribution is 5.95. The van der Waals surface area contributed by atoms with E-state index < -0.39 is 41.0 Å². The van der Waals surface area contributed by atoms with E-state index in [9.17, 15) is 41.0 Å². The Kier molecular flexibility index (Phi) is 9.37. The number of fused-ring (bicyclic) bond motifs is 1. The van der Waals surface area contributed by atoms with Crippen molar-refractivity contribution in [1.82, 2.24) is 15.2 Å². The average Bonchev–Trinajstić information content (AvgIpc) is 3.37. The van der Waals surface area contributed by atoms with Crippen LogP contribution in [0.2, 0.25) is 0 Å². The van der Waals surface area contributed by atoms with E-state index in [4.69, 9.17) is 0 Å². The second kappa shape index (κ2) is 12.8. The van der Waals surface area contributed by atoms with E-state index in [2.05, 4.69) is 10.3 Å². The minimum atomic E-state index is -5.10. The van der Waals surface area contributed by atoms with Crippen molar-refractivity contribution >= 4 is 22.7 Å². The van der Waals surface area contributed by atoms with Gasteiger partial charge in [-0.2, -0.15) is 26.3 Å². The van der Waals surface area contributed by atoms with Gasteiger partial charge in [0.2, 0.25) is 5.91 Å². The highest BCUT2D eigenvalue weighted by atomic mass is 19.4. The summed E-state index contributed by atoms with van der Waals surface area (Å²) in [6.07, 6.45) is -7.74. The molecule has 6 nitrogen and oxygen atoms in total. The maximum atomic E-state index is 13.4. The first-order chi connectivity index (χ1) is 20.2. The van der Waals surface area contributed by atoms with Crippen LogP contribution in [0.3, 0.4) is 0 Å². The molecule has 0 saturated heterocycles. The lowest BCUT2D eigenvalue weighted by Crippen LogP contribution is -2.40. The van der Waals surface area contributed by atoms with Gasteiger partial charge in [0.15, 0.2) is 0 Å². The Morgan fingerprint density at radius 3 is 2.19 bits per heavy atom. The molecule has 12 heteroatoms. The third kappa shape index (κ3) is 8.08. The summed E-state index contributed by atoms with van der Waals surface area (Å²) < 4.78 is 80.7. The van der Waals surface area contributed by atoms with Crippen LogP contribution in [0, 0.1) is 0 Å². The number of para-hydroxylation sites is 1. The smallest absolute Gasteiger partial charge is 0.416 e. The average molecular weight is 606 g/mol. The lowest BCUT2D eigenvalue weighted by molar-refractivity contribution is -0.143. The summed E-state index contributed by atoms with van der Waals surface area (Å²) in [4.78, 5) is 30.3. The molecular formula is C31H29F6N3O3. The number of carbonyl (C=O) groups excluding carboxylic acids is 2. The monoisotopic (exact) mass is 605 g/mol. The number of amides is 2. The number of aromatic amines is 1. The molecule has 0 bridgehead atoms. The zero-order valence-electron chi connectivity index (χ0n) is 23.0. The van der Waals surface area contributed by atoms with Crippen molar-refractivity contribution in [1.29, 1.82) is 0 Å². The number of hydrogen-bond donors (Lipinski definition) is 3. The first-order valence-electron chi connectivity index (χ1n) is 13.4. The summed E-state index contributed by atoms with van der Waals surface area (Å²) >= 11 is 0. The summed E-state index contributed by atoms with van der Waals surface area (Å²) in [6, 6.07) is 13.9. The van der Waals surface area contributed by atoms with Gasteiger partial charge in [-0.05, 0) is 66.8 Å². The lowest BCUT2D eigenvalue weighted by atomic mass is 9.98. The molecule has 3 aromatic carbocycles. The maximum absolute atomic E-state index is 13.4. The van der Waals surface area contributed by atoms with Crippen LogP contribution in [0.1, 0.15) is 45.5 Å². The van der Waals surface area contributed by atoms with Crippen LogP contribution in [0.25, 0.3) is 10.9 Å². The minimum Gasteiger partial charge on any atom is -0.508 e. The number of likely N-dealkylation sites (N-methyl/N-ethyl adjacent to an activating group) is 1. The van der Waals surface area contributed by atoms with E-state index >= 15 is 0 Å². The molecule has 0 aliphatic rings. The molecule has 43 heavy (non-hydrogen) atoms. The fourth-order valence-corrected chi connectivity index (χ4v) is 4.83. The molecule has 4 aromatic rings. The molecule has 1 heterocycles. The fraction of sp³-hybridized carbons (Fsp3) is 0.290. The van der Waals surface area contributed by atoms with Gasteiger partial charge in [0.05, 0.1) is 11.1 Å². The number of benzene rings is 3. The number of hydrogen-bond acceptors (Lipinski definition) is 3. The molecule has 0 aliphatic carbocycles. The maximum Gasteiger partial charge on any atom is 0.416 e. The van der Waals surface area contributed by atoms with Gasteiger partial charge in [-0.25, -0.2) is 0 Å². The Morgan fingerprint density at radius 2 is 1.56 bits per heavy atom. The van der Waals surface area contributed by atoms with Crippen molar-refractivity contribution in [3.63, 3.8) is 0 Å². The number of phenolic OH excluding ortho intramolecular Hbond substituents is 1. The van der Waals surface area contributed by atoms with E-state index in [0.717, 1.165) is 26.9 Å². The molecule has 1 aromatic heterocycles. The number of rotatable bonds is 10. The molecule has 0 spiro atoms. The van der Waals surface area contributed by atoms with Gasteiger partial charge in [0, 0.05) is 48.7 Å². The van der Waals surface area contributed by atoms with Crippen LogP contribution in [-0.4, -0.2) is 46.4 Å². The van der Waals surface area contributed by atoms with Gasteiger partial charge in [0.25, 0.3) is 5.91 Å². The van der Waals surface area contributed by atoms with Crippen molar-refractivity contribution in [2.45, 2.75) is 44.1 Å². The van der Waals surface area contributed by atoms with E-state index in [1.807, 2.05) is 24.3 Å². The molecule has 0 aliphatic heterocycles. The van der Waals surface area contributed by atoms with Gasteiger partial charge in [-0.15, -0.1) is 0 Å². The van der Waals surface area contributed by atoms with Crippen molar-refractivity contribution in [3.05, 3.63) is 101 Å². The van der Waals surface area contributed by atoms with Crippen molar-refractivity contribution in [3.8, 4) is 5.75 Å². The van der Waals surface area contributed by atoms with E-state index in [-0.39, 0.29) is 37.0 Å². The summed E-state index contributed by atoms with van der Waals surface area (Å²) in [6.45, 7) is 0.302. The predicted octanol–water partition coefficient (Wildman–Crippen LogP) is 6.73. The SMILES string of the molecule is CN(C(=O)c1cc(C(F)(F)F)cc(C(F)(F)F)c1)C(CCC(=O)NCCc1ccc(O)cc1)Cc1c[nH]c2ccccc12. The summed E-state index contributed by atoms with van der Waals surface area (Å²) in [5.41, 5.74) is -1.45. The molecular weight excluding hydrogens is 576 g/mol. The molecule has 3 N–H and O–H groups in total. The number of nitrogens with zero attached hydrogens (tertiary/aromatic N) is 1. The largest absolute Gasteiger partial charge is 0.508 e. The fourth-order valence-electron chi connectivity index (χ4n) is 4.83. The summed E-state index contributed by atoms with van der Waals surface area (Å²) in [5, 5.41) is 13.0. The predicted molar refractivity (Wildman–Crippen MR) is 148 cm³/mol. The van der Waals surface area contributed by atoms with E-state index in [1.165, 1.54) is 19.2 Å². The lowest BCUT2D eigenvalue weighted by Gasteiger charge is -2.29. The van der Waals surface area contributed by atoms with E-state index in [1.54, 1.807) is 18.3 Å². The number of carbonyl (C=O) groups is 2. The van der Waals surface area contributed by atoms with Crippen LogP contribution in [0.15, 0.2) is 72.9 Å². The molecule has 0 fully saturated rings. The molecule has 4 rings (SSSR count). The third-order valence-electron chi connectivity index (χ3n) is 7.21. The molecule has 2 amide bonds. The number of nitrogens with one attached hydrogen (secondary N) is 2. The number of phenols is 1. The number of aromatic nitrogens is 1. The first-order valence-corrected chi connectivity index (χ1v) is 13.4. The highest BCUT2D eigenvalue weighted by Gasteiger charge is 2.38. The topological polar surface area (TPSA) is 85.4 Å². The van der Waals surface area contributed by atoms with Crippen LogP contribution < -0.4 is 5.32 Å². The molecule has 1 atom stereocenters. The normalized spacial score (nSPS) is 12.7. The van der Waals surface area contributed by atoms with Crippen molar-refractivity contribution in [2.24, 2.45) is 0 Å². The zero-order valence-corrected chi connectivity index (χ0v) is 23.0. The standard InChI is InChI=1S/C31H29F6N3O3/c1-40(29(43)20-14-22(30(32,33)34)17-23(15-20)31(35,36)37)24(16-21-18-39-27-5-3-2-4-26(21)27)8-11-28(42)38-13-12-19-6-9-25(41)10-7-19/h2-7,9-10,14-15,17-18,24,39,41H,8,11-13,16H2,1H3,(H,38,42). The van der Waals surface area contributed by atoms with E-state index in [0.29, 0.717) is 25.1 Å². The number of H-pyrrole nitrogens is 1. The Balaban J connectivity index is 1.54. The Morgan fingerprint density at radius 1 is 0.930 bits per heavy atom. The first kappa shape index (κ1) is 31.5. The Labute approximate surface area is 243 Å². The molecule has 228 valence electrons. The highest BCUT2D eigenvalue weighted by Crippen LogP contribution is 2.37. The quantitative estimate of drug-likeness (QED) is 0.175. The van der Waals surface area contributed by atoms with Crippen LogP contribution in [0.5, 0.6) is 5.75 Å². The van der Waals surface area contributed by atoms with Crippen LogP contribution in [-0.2, 0) is 30.0 Å². The Hall–Kier alpha value is -4.48. The summed E-state index contributed by atoms with van der Waals surface area (Å²) in [7, 11) is 1.30. The second-order valence-electron chi connectivity index (χ2n) is 10.2. The second-order valence-corrected chi connectivity index (χ2v) is 10.2. The summed E-state index contributed by atoms with van der Waals surface area (Å²) in [5.74, 6) is -1.25. The van der Waals surface area contributed by atoms with Gasteiger partial charge in [-0.3, -0.25) is 9.59 Å². The molecule has 1 unspecified atom stereocenters. The number of halogens is 6. The number of aromatic hydroxyl groups is 1. The molecule has 0 saturated carbocycles. The third-order valence-corrected chi connectivity index (χ3v) is 7.21. The van der Waals surface area contributed by atoms with Crippen LogP contribution >= 0.6 is 0 Å². The van der Waals surface area contributed by atoms with Crippen molar-refractivity contribution in [2.75, 3.05) is 13.6 Å². The van der Waals surface area contributed by atoms with Gasteiger partial charge >= 0.3 is 12.4 Å². The zero-order chi connectivity index (χ0) is 31.4. The van der Waals surface area contributed by atoms with Gasteiger partial charge in [-0.1, -0.05) is 30.3 Å². The minimum absolute atomic E-state index is 0.0251. The van der Waals surface area contributed by atoms with Gasteiger partial charge < -0.3 is 20.3 Å². The Bertz CT molecular complexity index is 1550. The van der Waals surface area contributed by atoms with Crippen LogP contribution in [0.4, 0.5) is 26.3 Å². The molecule has 0 radical (unpaired) electrons. The number of alkyl halides is 6. The van der Waals surface area contributed by atoms with Crippen molar-refractivity contribution < 1.29 is 41.0 Å².